The summed E-state index contributed by atoms with van der Waals surface area (Å²) < 4.78 is 25.9. The number of alkyl halides is 1. The maximum absolute atomic E-state index is 12.0. The van der Waals surface area contributed by atoms with E-state index in [1.165, 1.54) is 16.4 Å². The number of nitrogens with zero attached hydrogens (tertiary/aromatic N) is 1. The molecule has 0 heterocycles. The highest BCUT2D eigenvalue weighted by molar-refractivity contribution is 9.10. The second-order valence-corrected chi connectivity index (χ2v) is 7.19. The lowest BCUT2D eigenvalue weighted by Crippen LogP contribution is -2.28. The van der Waals surface area contributed by atoms with Crippen molar-refractivity contribution in [2.75, 3.05) is 18.9 Å². The zero-order valence-corrected chi connectivity index (χ0v) is 13.2. The molecule has 0 aliphatic heterocycles. The van der Waals surface area contributed by atoms with Crippen LogP contribution in [0.1, 0.15) is 0 Å². The fourth-order valence-corrected chi connectivity index (χ4v) is 3.67. The second-order valence-electron chi connectivity index (χ2n) is 3.09. The fourth-order valence-electron chi connectivity index (χ4n) is 1.06. The van der Waals surface area contributed by atoms with Crippen LogP contribution in [0, 0.1) is 0 Å². The van der Waals surface area contributed by atoms with Gasteiger partial charge in [0, 0.05) is 23.4 Å². The first-order chi connectivity index (χ1) is 7.39. The molecule has 0 radical (unpaired) electrons. The Bertz CT molecular complexity index is 478. The quantitative estimate of drug-likeness (QED) is 0.740. The Kier molecular flexibility index (Phi) is 5.25. The lowest BCUT2D eigenvalue weighted by molar-refractivity contribution is 0.489. The fraction of sp³-hybridized carbons (Fsp3) is 0.333. The van der Waals surface area contributed by atoms with Crippen molar-refractivity contribution in [2.45, 2.75) is 4.90 Å². The summed E-state index contributed by atoms with van der Waals surface area (Å²) in [5, 5.41) is 1.08. The molecule has 0 bridgehead atoms. The van der Waals surface area contributed by atoms with Crippen LogP contribution in [-0.2, 0) is 10.0 Å². The molecule has 0 amide bonds. The summed E-state index contributed by atoms with van der Waals surface area (Å²) in [5.41, 5.74) is 0. The van der Waals surface area contributed by atoms with E-state index in [0.717, 1.165) is 0 Å². The highest BCUT2D eigenvalue weighted by Gasteiger charge is 2.20. The van der Waals surface area contributed by atoms with E-state index in [-0.39, 0.29) is 4.90 Å². The monoisotopic (exact) mass is 389 g/mol. The van der Waals surface area contributed by atoms with Crippen molar-refractivity contribution in [1.29, 1.82) is 0 Å². The van der Waals surface area contributed by atoms with Crippen molar-refractivity contribution in [2.24, 2.45) is 0 Å². The average Bonchev–Trinajstić information content (AvgIpc) is 2.22. The van der Waals surface area contributed by atoms with Crippen LogP contribution in [-0.4, -0.2) is 31.6 Å². The lowest BCUT2D eigenvalue weighted by Gasteiger charge is -2.16. The van der Waals surface area contributed by atoms with E-state index in [1.807, 2.05) is 0 Å². The topological polar surface area (TPSA) is 37.4 Å². The number of benzene rings is 1. The number of hydrogen-bond acceptors (Lipinski definition) is 2. The van der Waals surface area contributed by atoms with E-state index < -0.39 is 10.0 Å². The Labute approximate surface area is 117 Å². The van der Waals surface area contributed by atoms with Crippen LogP contribution >= 0.6 is 43.5 Å². The molecule has 1 aromatic carbocycles. The highest BCUT2D eigenvalue weighted by Crippen LogP contribution is 2.26. The molecule has 90 valence electrons. The van der Waals surface area contributed by atoms with Gasteiger partial charge in [-0.3, -0.25) is 0 Å². The molecule has 0 atom stereocenters. The van der Waals surface area contributed by atoms with Gasteiger partial charge in [-0.05, 0) is 34.1 Å². The van der Waals surface area contributed by atoms with Gasteiger partial charge in [-0.1, -0.05) is 27.5 Å². The highest BCUT2D eigenvalue weighted by atomic mass is 79.9. The molecule has 0 saturated heterocycles. The lowest BCUT2D eigenvalue weighted by atomic mass is 10.4. The third-order valence-corrected chi connectivity index (χ3v) is 5.42. The Hall–Kier alpha value is 0.380. The first-order valence-corrected chi connectivity index (χ1v) is 8.10. The molecule has 0 unspecified atom stereocenters. The summed E-state index contributed by atoms with van der Waals surface area (Å²) in [6.45, 7) is 0.419. The van der Waals surface area contributed by atoms with Gasteiger partial charge in [-0.2, -0.15) is 0 Å². The van der Waals surface area contributed by atoms with Gasteiger partial charge in [0.2, 0.25) is 10.0 Å². The maximum atomic E-state index is 12.0. The number of halogens is 3. The van der Waals surface area contributed by atoms with Crippen molar-refractivity contribution in [3.05, 3.63) is 27.7 Å². The minimum absolute atomic E-state index is 0.229. The van der Waals surface area contributed by atoms with Gasteiger partial charge in [0.05, 0.1) is 9.92 Å². The molecular weight excluding hydrogens is 381 g/mol. The third-order valence-electron chi connectivity index (χ3n) is 2.00. The van der Waals surface area contributed by atoms with Gasteiger partial charge in [0.25, 0.3) is 0 Å². The Balaban J connectivity index is 3.12. The predicted molar refractivity (Wildman–Crippen MR) is 72.8 cm³/mol. The van der Waals surface area contributed by atoms with Gasteiger partial charge in [-0.15, -0.1) is 0 Å². The first kappa shape index (κ1) is 14.4. The summed E-state index contributed by atoms with van der Waals surface area (Å²) in [6, 6.07) is 4.55. The van der Waals surface area contributed by atoms with Crippen LogP contribution in [0.25, 0.3) is 0 Å². The molecule has 0 saturated carbocycles. The van der Waals surface area contributed by atoms with Crippen molar-refractivity contribution < 1.29 is 8.42 Å². The molecule has 7 heteroatoms. The molecule has 0 aliphatic rings. The van der Waals surface area contributed by atoms with Crippen LogP contribution in [0.2, 0.25) is 5.02 Å². The normalized spacial score (nSPS) is 12.1. The van der Waals surface area contributed by atoms with Crippen molar-refractivity contribution in [3.63, 3.8) is 0 Å². The molecule has 0 aromatic heterocycles. The molecule has 0 fully saturated rings. The second kappa shape index (κ2) is 5.82. The first-order valence-electron chi connectivity index (χ1n) is 4.37. The van der Waals surface area contributed by atoms with Crippen LogP contribution in [0.5, 0.6) is 0 Å². The molecule has 3 nitrogen and oxygen atoms in total. The van der Waals surface area contributed by atoms with Gasteiger partial charge in [0.15, 0.2) is 0 Å². The van der Waals surface area contributed by atoms with Gasteiger partial charge in [-0.25, -0.2) is 12.7 Å². The van der Waals surface area contributed by atoms with Crippen LogP contribution in [0.15, 0.2) is 27.6 Å². The smallest absolute Gasteiger partial charge is 0.207 e. The molecule has 0 N–H and O–H groups in total. The third kappa shape index (κ3) is 3.20. The van der Waals surface area contributed by atoms with Crippen molar-refractivity contribution in [3.8, 4) is 0 Å². The van der Waals surface area contributed by atoms with E-state index in [1.54, 1.807) is 13.1 Å². The zero-order valence-electron chi connectivity index (χ0n) is 8.45. The van der Waals surface area contributed by atoms with Gasteiger partial charge >= 0.3 is 0 Å². The van der Waals surface area contributed by atoms with E-state index in [2.05, 4.69) is 31.9 Å². The SMILES string of the molecule is CN(CCBr)S(=O)(=O)c1ccc(Cl)c(Br)c1. The summed E-state index contributed by atoms with van der Waals surface area (Å²) in [7, 11) is -1.88. The van der Waals surface area contributed by atoms with Crippen LogP contribution in [0.4, 0.5) is 0 Å². The minimum Gasteiger partial charge on any atom is -0.207 e. The summed E-state index contributed by atoms with van der Waals surface area (Å²) >= 11 is 12.2. The molecular formula is C9H10Br2ClNO2S. The molecule has 0 spiro atoms. The molecule has 0 aliphatic carbocycles. The van der Waals surface area contributed by atoms with E-state index in [0.29, 0.717) is 21.4 Å². The Morgan fingerprint density at radius 2 is 2.06 bits per heavy atom. The Morgan fingerprint density at radius 3 is 2.56 bits per heavy atom. The summed E-state index contributed by atoms with van der Waals surface area (Å²) in [6.07, 6.45) is 0. The zero-order chi connectivity index (χ0) is 12.3. The standard InChI is InChI=1S/C9H10Br2ClNO2S/c1-13(5-4-10)16(14,15)7-2-3-9(12)8(11)6-7/h2-3,6H,4-5H2,1H3. The van der Waals surface area contributed by atoms with Gasteiger partial charge in [0.1, 0.15) is 0 Å². The average molecular weight is 392 g/mol. The predicted octanol–water partition coefficient (Wildman–Crippen LogP) is 3.12. The molecule has 1 aromatic rings. The molecule has 1 rings (SSSR count). The minimum atomic E-state index is -3.43. The van der Waals surface area contributed by atoms with Crippen LogP contribution < -0.4 is 0 Å². The van der Waals surface area contributed by atoms with Crippen molar-refractivity contribution in [1.82, 2.24) is 4.31 Å². The largest absolute Gasteiger partial charge is 0.242 e. The number of sulfonamides is 1. The van der Waals surface area contributed by atoms with Crippen LogP contribution in [0.3, 0.4) is 0 Å². The summed E-state index contributed by atoms with van der Waals surface area (Å²) in [5.74, 6) is 0. The van der Waals surface area contributed by atoms with E-state index >= 15 is 0 Å². The number of rotatable bonds is 4. The van der Waals surface area contributed by atoms with E-state index in [4.69, 9.17) is 11.6 Å². The Morgan fingerprint density at radius 1 is 1.44 bits per heavy atom. The van der Waals surface area contributed by atoms with Crippen molar-refractivity contribution >= 4 is 53.5 Å². The van der Waals surface area contributed by atoms with E-state index in [9.17, 15) is 8.42 Å². The molecule has 16 heavy (non-hydrogen) atoms. The number of hydrogen-bond donors (Lipinski definition) is 0. The maximum Gasteiger partial charge on any atom is 0.242 e. The summed E-state index contributed by atoms with van der Waals surface area (Å²) in [4.78, 5) is 0.229. The van der Waals surface area contributed by atoms with Gasteiger partial charge < -0.3 is 0 Å².